The fourth-order valence-corrected chi connectivity index (χ4v) is 1.73. The Kier molecular flexibility index (Phi) is 3.50. The molecule has 0 spiro atoms. The molecule has 0 aromatic carbocycles. The molecule has 3 nitrogen and oxygen atoms in total. The van der Waals surface area contributed by atoms with Crippen LogP contribution in [-0.2, 0) is 4.74 Å². The molecule has 72 valence electrons. The van der Waals surface area contributed by atoms with E-state index in [1.165, 1.54) is 0 Å². The lowest BCUT2D eigenvalue weighted by atomic mass is 9.87. The van der Waals surface area contributed by atoms with Crippen LogP contribution >= 0.6 is 0 Å². The minimum Gasteiger partial charge on any atom is -0.394 e. The molecule has 3 heteroatoms. The van der Waals surface area contributed by atoms with Crippen LogP contribution in [0.4, 0.5) is 0 Å². The summed E-state index contributed by atoms with van der Waals surface area (Å²) in [7, 11) is 1.91. The van der Waals surface area contributed by atoms with Gasteiger partial charge >= 0.3 is 0 Å². The summed E-state index contributed by atoms with van der Waals surface area (Å²) < 4.78 is 5.53. The van der Waals surface area contributed by atoms with Gasteiger partial charge in [0.1, 0.15) is 0 Å². The van der Waals surface area contributed by atoms with Gasteiger partial charge in [0.15, 0.2) is 0 Å². The van der Waals surface area contributed by atoms with E-state index in [0.717, 1.165) is 25.9 Å². The van der Waals surface area contributed by atoms with Gasteiger partial charge in [-0.25, -0.2) is 0 Å². The molecule has 1 aliphatic heterocycles. The molecule has 2 atom stereocenters. The standard InChI is InChI=1S/C9H19NO2/c1-3-8-6-9(7-11,10-2)4-5-12-8/h8,10-11H,3-7H2,1-2H3. The number of ether oxygens (including phenoxy) is 1. The molecule has 1 aliphatic rings. The maximum absolute atomic E-state index is 9.24. The lowest BCUT2D eigenvalue weighted by molar-refractivity contribution is -0.0435. The topological polar surface area (TPSA) is 41.5 Å². The van der Waals surface area contributed by atoms with Crippen molar-refractivity contribution >= 4 is 0 Å². The molecule has 0 aromatic rings. The third-order valence-electron chi connectivity index (χ3n) is 2.84. The number of likely N-dealkylation sites (N-methyl/N-ethyl adjacent to an activating group) is 1. The Morgan fingerprint density at radius 2 is 2.42 bits per heavy atom. The zero-order valence-corrected chi connectivity index (χ0v) is 7.97. The van der Waals surface area contributed by atoms with Crippen LogP contribution in [0, 0.1) is 0 Å². The van der Waals surface area contributed by atoms with E-state index in [4.69, 9.17) is 4.74 Å². The second kappa shape index (κ2) is 4.21. The molecule has 1 saturated heterocycles. The van der Waals surface area contributed by atoms with Crippen LogP contribution in [0.3, 0.4) is 0 Å². The Hall–Kier alpha value is -0.120. The summed E-state index contributed by atoms with van der Waals surface area (Å²) in [4.78, 5) is 0. The third kappa shape index (κ3) is 1.97. The van der Waals surface area contributed by atoms with Crippen molar-refractivity contribution in [2.24, 2.45) is 0 Å². The van der Waals surface area contributed by atoms with Gasteiger partial charge < -0.3 is 15.2 Å². The molecule has 0 bridgehead atoms. The SMILES string of the molecule is CCC1CC(CO)(NC)CCO1. The summed E-state index contributed by atoms with van der Waals surface area (Å²) in [6, 6.07) is 0. The van der Waals surface area contributed by atoms with Crippen molar-refractivity contribution in [3.8, 4) is 0 Å². The molecule has 12 heavy (non-hydrogen) atoms. The lowest BCUT2D eigenvalue weighted by Crippen LogP contribution is -2.52. The predicted octanol–water partition coefficient (Wildman–Crippen LogP) is 0.526. The van der Waals surface area contributed by atoms with E-state index in [-0.39, 0.29) is 12.1 Å². The summed E-state index contributed by atoms with van der Waals surface area (Å²) in [6.45, 7) is 3.09. The second-order valence-electron chi connectivity index (χ2n) is 3.54. The molecule has 2 N–H and O–H groups in total. The van der Waals surface area contributed by atoms with Gasteiger partial charge in [0.25, 0.3) is 0 Å². The molecule has 0 saturated carbocycles. The maximum atomic E-state index is 9.24. The molecule has 1 fully saturated rings. The second-order valence-corrected chi connectivity index (χ2v) is 3.54. The highest BCUT2D eigenvalue weighted by Gasteiger charge is 2.34. The van der Waals surface area contributed by atoms with Gasteiger partial charge in [-0.3, -0.25) is 0 Å². The van der Waals surface area contributed by atoms with Gasteiger partial charge in [-0.1, -0.05) is 6.92 Å². The average molecular weight is 173 g/mol. The minimum atomic E-state index is -0.0844. The van der Waals surface area contributed by atoms with Gasteiger partial charge in [0, 0.05) is 12.1 Å². The number of rotatable bonds is 3. The van der Waals surface area contributed by atoms with Crippen LogP contribution < -0.4 is 5.32 Å². The first-order valence-corrected chi connectivity index (χ1v) is 4.67. The predicted molar refractivity (Wildman–Crippen MR) is 48.1 cm³/mol. The van der Waals surface area contributed by atoms with E-state index in [2.05, 4.69) is 12.2 Å². The van der Waals surface area contributed by atoms with Crippen molar-refractivity contribution < 1.29 is 9.84 Å². The lowest BCUT2D eigenvalue weighted by Gasteiger charge is -2.39. The number of nitrogens with one attached hydrogen (secondary N) is 1. The van der Waals surface area contributed by atoms with Crippen LogP contribution in [0.25, 0.3) is 0 Å². The third-order valence-corrected chi connectivity index (χ3v) is 2.84. The zero-order chi connectivity index (χ0) is 9.03. The van der Waals surface area contributed by atoms with Gasteiger partial charge in [-0.15, -0.1) is 0 Å². The van der Waals surface area contributed by atoms with E-state index in [1.807, 2.05) is 7.05 Å². The summed E-state index contributed by atoms with van der Waals surface area (Å²) in [5, 5.41) is 12.4. The van der Waals surface area contributed by atoms with Gasteiger partial charge in [0.05, 0.1) is 12.7 Å². The Labute approximate surface area is 74.1 Å². The number of aliphatic hydroxyl groups is 1. The maximum Gasteiger partial charge on any atom is 0.0615 e. The van der Waals surface area contributed by atoms with Crippen LogP contribution in [0.5, 0.6) is 0 Å². The van der Waals surface area contributed by atoms with Crippen molar-refractivity contribution in [1.29, 1.82) is 0 Å². The number of hydrogen-bond donors (Lipinski definition) is 2. The van der Waals surface area contributed by atoms with E-state index >= 15 is 0 Å². The van der Waals surface area contributed by atoms with E-state index in [9.17, 15) is 5.11 Å². The largest absolute Gasteiger partial charge is 0.394 e. The summed E-state index contributed by atoms with van der Waals surface area (Å²) >= 11 is 0. The highest BCUT2D eigenvalue weighted by Crippen LogP contribution is 2.25. The van der Waals surface area contributed by atoms with Crippen LogP contribution in [-0.4, -0.2) is 37.0 Å². The molecule has 2 unspecified atom stereocenters. The van der Waals surface area contributed by atoms with Gasteiger partial charge in [-0.05, 0) is 26.3 Å². The fraction of sp³-hybridized carbons (Fsp3) is 1.00. The molecule has 0 aromatic heterocycles. The molecule has 0 radical (unpaired) electrons. The summed E-state index contributed by atoms with van der Waals surface area (Å²) in [6.07, 6.45) is 3.19. The van der Waals surface area contributed by atoms with Crippen molar-refractivity contribution in [1.82, 2.24) is 5.32 Å². The average Bonchev–Trinajstić information content (AvgIpc) is 2.18. The number of aliphatic hydroxyl groups excluding tert-OH is 1. The monoisotopic (exact) mass is 173 g/mol. The van der Waals surface area contributed by atoms with Crippen molar-refractivity contribution in [3.63, 3.8) is 0 Å². The summed E-state index contributed by atoms with van der Waals surface area (Å²) in [5.74, 6) is 0. The Balaban J connectivity index is 2.52. The van der Waals surface area contributed by atoms with E-state index in [1.54, 1.807) is 0 Å². The summed E-state index contributed by atoms with van der Waals surface area (Å²) in [5.41, 5.74) is -0.0844. The van der Waals surface area contributed by atoms with Crippen molar-refractivity contribution in [3.05, 3.63) is 0 Å². The molecular formula is C9H19NO2. The Morgan fingerprint density at radius 1 is 1.67 bits per heavy atom. The zero-order valence-electron chi connectivity index (χ0n) is 7.97. The fourth-order valence-electron chi connectivity index (χ4n) is 1.73. The van der Waals surface area contributed by atoms with Crippen LogP contribution in [0.15, 0.2) is 0 Å². The van der Waals surface area contributed by atoms with Gasteiger partial charge in [-0.2, -0.15) is 0 Å². The first kappa shape index (κ1) is 9.96. The van der Waals surface area contributed by atoms with Crippen LogP contribution in [0.1, 0.15) is 26.2 Å². The normalized spacial score (nSPS) is 36.8. The quantitative estimate of drug-likeness (QED) is 0.654. The van der Waals surface area contributed by atoms with Crippen molar-refractivity contribution in [2.75, 3.05) is 20.3 Å². The smallest absolute Gasteiger partial charge is 0.0615 e. The highest BCUT2D eigenvalue weighted by molar-refractivity contribution is 4.91. The molecule has 1 heterocycles. The van der Waals surface area contributed by atoms with E-state index < -0.39 is 0 Å². The van der Waals surface area contributed by atoms with Gasteiger partial charge in [0.2, 0.25) is 0 Å². The Morgan fingerprint density at radius 3 is 2.92 bits per heavy atom. The minimum absolute atomic E-state index is 0.0844. The molecule has 0 aliphatic carbocycles. The molecular weight excluding hydrogens is 154 g/mol. The number of hydrogen-bond acceptors (Lipinski definition) is 3. The van der Waals surface area contributed by atoms with E-state index in [0.29, 0.717) is 6.10 Å². The molecule has 1 rings (SSSR count). The van der Waals surface area contributed by atoms with Crippen LogP contribution in [0.2, 0.25) is 0 Å². The molecule has 0 amide bonds. The van der Waals surface area contributed by atoms with Crippen molar-refractivity contribution in [2.45, 2.75) is 37.8 Å². The Bertz CT molecular complexity index is 134. The highest BCUT2D eigenvalue weighted by atomic mass is 16.5. The first-order valence-electron chi connectivity index (χ1n) is 4.67. The first-order chi connectivity index (χ1) is 5.76.